The van der Waals surface area contributed by atoms with Crippen LogP contribution in [0, 0.1) is 5.92 Å². The van der Waals surface area contributed by atoms with Crippen molar-refractivity contribution in [1.82, 2.24) is 0 Å². The van der Waals surface area contributed by atoms with Gasteiger partial charge in [0, 0.05) is 18.4 Å². The van der Waals surface area contributed by atoms with E-state index in [4.69, 9.17) is 0 Å². The summed E-state index contributed by atoms with van der Waals surface area (Å²) in [4.78, 5) is 22.6. The quantitative estimate of drug-likeness (QED) is 0.676. The molecule has 1 aromatic carbocycles. The van der Waals surface area contributed by atoms with Gasteiger partial charge in [-0.25, -0.2) is 4.79 Å². The Morgan fingerprint density at radius 3 is 2.65 bits per heavy atom. The molecule has 2 atom stereocenters. The molecule has 4 nitrogen and oxygen atoms in total. The summed E-state index contributed by atoms with van der Waals surface area (Å²) >= 11 is 0. The third-order valence-electron chi connectivity index (χ3n) is 3.62. The van der Waals surface area contributed by atoms with Crippen LogP contribution in [0.5, 0.6) is 0 Å². The summed E-state index contributed by atoms with van der Waals surface area (Å²) in [6.07, 6.45) is 4.43. The minimum absolute atomic E-state index is 0.146. The second kappa shape index (κ2) is 6.48. The van der Waals surface area contributed by atoms with Gasteiger partial charge in [-0.05, 0) is 30.0 Å². The maximum atomic E-state index is 11.6. The molecule has 1 saturated carbocycles. The number of hydrogen-bond donors (Lipinski definition) is 1. The first kappa shape index (κ1) is 14.5. The standard InChI is InChI=1S/C16H18O4/c1-20-15(18)10-7-11-5-8-12(9-6-11)16(19)13-3-2-4-14(13)17/h5-10,13,16,19H,2-4H2,1H3/b10-7+/t13-,16+/m1/s1. The minimum Gasteiger partial charge on any atom is -0.466 e. The highest BCUT2D eigenvalue weighted by atomic mass is 16.5. The number of methoxy groups -OCH3 is 1. The molecule has 0 aliphatic heterocycles. The normalized spacial score (nSPS) is 20.3. The Labute approximate surface area is 118 Å². The molecule has 0 aromatic heterocycles. The first-order valence-electron chi connectivity index (χ1n) is 6.68. The summed E-state index contributed by atoms with van der Waals surface area (Å²) in [7, 11) is 1.32. The van der Waals surface area contributed by atoms with Crippen molar-refractivity contribution in [3.8, 4) is 0 Å². The number of ketones is 1. The smallest absolute Gasteiger partial charge is 0.330 e. The number of Topliss-reactive ketones (excluding diaryl/α,β-unsaturated/α-hetero) is 1. The van der Waals surface area contributed by atoms with Gasteiger partial charge >= 0.3 is 5.97 Å². The van der Waals surface area contributed by atoms with Gasteiger partial charge in [0.05, 0.1) is 13.2 Å². The molecular formula is C16H18O4. The lowest BCUT2D eigenvalue weighted by Crippen LogP contribution is -2.16. The highest BCUT2D eigenvalue weighted by molar-refractivity contribution is 5.87. The van der Waals surface area contributed by atoms with Gasteiger partial charge in [0.25, 0.3) is 0 Å². The average Bonchev–Trinajstić information content (AvgIpc) is 2.90. The van der Waals surface area contributed by atoms with Crippen LogP contribution in [0.3, 0.4) is 0 Å². The molecule has 1 aliphatic rings. The topological polar surface area (TPSA) is 63.6 Å². The van der Waals surface area contributed by atoms with Crippen molar-refractivity contribution < 1.29 is 19.4 Å². The first-order valence-corrected chi connectivity index (χ1v) is 6.68. The van der Waals surface area contributed by atoms with Crippen LogP contribution < -0.4 is 0 Å². The van der Waals surface area contributed by atoms with E-state index in [0.29, 0.717) is 6.42 Å². The van der Waals surface area contributed by atoms with E-state index in [1.165, 1.54) is 13.2 Å². The van der Waals surface area contributed by atoms with E-state index >= 15 is 0 Å². The number of carbonyl (C=O) groups is 2. The Bertz CT molecular complexity index is 516. The largest absolute Gasteiger partial charge is 0.466 e. The lowest BCUT2D eigenvalue weighted by atomic mass is 9.93. The zero-order valence-corrected chi connectivity index (χ0v) is 11.4. The van der Waals surface area contributed by atoms with Crippen molar-refractivity contribution in [2.24, 2.45) is 5.92 Å². The summed E-state index contributed by atoms with van der Waals surface area (Å²) in [6, 6.07) is 7.18. The number of benzene rings is 1. The third-order valence-corrected chi connectivity index (χ3v) is 3.62. The highest BCUT2D eigenvalue weighted by Gasteiger charge is 2.31. The van der Waals surface area contributed by atoms with Crippen molar-refractivity contribution in [2.45, 2.75) is 25.4 Å². The van der Waals surface area contributed by atoms with Gasteiger partial charge in [-0.1, -0.05) is 24.3 Å². The van der Waals surface area contributed by atoms with Crippen LogP contribution in [-0.2, 0) is 14.3 Å². The number of rotatable bonds is 4. The molecule has 0 amide bonds. The molecule has 106 valence electrons. The van der Waals surface area contributed by atoms with Crippen LogP contribution in [0.25, 0.3) is 6.08 Å². The second-order valence-corrected chi connectivity index (χ2v) is 4.93. The number of carbonyl (C=O) groups excluding carboxylic acids is 2. The fraction of sp³-hybridized carbons (Fsp3) is 0.375. The van der Waals surface area contributed by atoms with Crippen LogP contribution in [0.15, 0.2) is 30.3 Å². The fourth-order valence-electron chi connectivity index (χ4n) is 2.45. The molecule has 1 N–H and O–H groups in total. The Hall–Kier alpha value is -1.94. The lowest BCUT2D eigenvalue weighted by molar-refractivity contribution is -0.134. The molecule has 0 heterocycles. The van der Waals surface area contributed by atoms with E-state index in [1.54, 1.807) is 30.3 Å². The lowest BCUT2D eigenvalue weighted by Gasteiger charge is -2.16. The number of aliphatic hydroxyl groups is 1. The molecule has 0 bridgehead atoms. The molecule has 0 saturated heterocycles. The van der Waals surface area contributed by atoms with Crippen LogP contribution in [0.4, 0.5) is 0 Å². The molecule has 4 heteroatoms. The van der Waals surface area contributed by atoms with Crippen LogP contribution in [0.1, 0.15) is 36.5 Å². The molecule has 2 rings (SSSR count). The number of esters is 1. The summed E-state index contributed by atoms with van der Waals surface area (Å²) in [5.41, 5.74) is 1.57. The van der Waals surface area contributed by atoms with E-state index in [0.717, 1.165) is 24.0 Å². The maximum absolute atomic E-state index is 11.6. The van der Waals surface area contributed by atoms with Crippen LogP contribution >= 0.6 is 0 Å². The van der Waals surface area contributed by atoms with Gasteiger partial charge in [0.2, 0.25) is 0 Å². The first-order chi connectivity index (χ1) is 9.61. The van der Waals surface area contributed by atoms with E-state index in [-0.39, 0.29) is 11.7 Å². The van der Waals surface area contributed by atoms with E-state index in [9.17, 15) is 14.7 Å². The van der Waals surface area contributed by atoms with Crippen molar-refractivity contribution in [2.75, 3.05) is 7.11 Å². The average molecular weight is 274 g/mol. The molecule has 20 heavy (non-hydrogen) atoms. The van der Waals surface area contributed by atoms with Gasteiger partial charge in [-0.2, -0.15) is 0 Å². The van der Waals surface area contributed by atoms with Crippen LogP contribution in [-0.4, -0.2) is 24.0 Å². The summed E-state index contributed by atoms with van der Waals surface area (Å²) in [5, 5.41) is 10.2. The van der Waals surface area contributed by atoms with Crippen molar-refractivity contribution in [1.29, 1.82) is 0 Å². The zero-order chi connectivity index (χ0) is 14.5. The predicted octanol–water partition coefficient (Wildman–Crippen LogP) is 2.28. The molecule has 1 aromatic rings. The molecule has 0 spiro atoms. The molecule has 0 radical (unpaired) electrons. The third kappa shape index (κ3) is 3.33. The number of aliphatic hydroxyl groups excluding tert-OH is 1. The summed E-state index contributed by atoms with van der Waals surface area (Å²) in [5.74, 6) is -0.538. The summed E-state index contributed by atoms with van der Waals surface area (Å²) < 4.78 is 4.51. The monoisotopic (exact) mass is 274 g/mol. The fourth-order valence-corrected chi connectivity index (χ4v) is 2.45. The van der Waals surface area contributed by atoms with Gasteiger partial charge in [-0.15, -0.1) is 0 Å². The van der Waals surface area contributed by atoms with Crippen molar-refractivity contribution >= 4 is 17.8 Å². The Morgan fingerprint density at radius 2 is 2.10 bits per heavy atom. The van der Waals surface area contributed by atoms with Crippen LogP contribution in [0.2, 0.25) is 0 Å². The maximum Gasteiger partial charge on any atom is 0.330 e. The van der Waals surface area contributed by atoms with Gasteiger partial charge in [0.15, 0.2) is 0 Å². The van der Waals surface area contributed by atoms with Gasteiger partial charge in [0.1, 0.15) is 5.78 Å². The van der Waals surface area contributed by atoms with Gasteiger partial charge in [-0.3, -0.25) is 4.79 Å². The Balaban J connectivity index is 2.06. The Morgan fingerprint density at radius 1 is 1.40 bits per heavy atom. The van der Waals surface area contributed by atoms with E-state index < -0.39 is 12.1 Å². The minimum atomic E-state index is -0.733. The number of hydrogen-bond acceptors (Lipinski definition) is 4. The van der Waals surface area contributed by atoms with E-state index in [2.05, 4.69) is 4.74 Å². The van der Waals surface area contributed by atoms with Crippen molar-refractivity contribution in [3.05, 3.63) is 41.5 Å². The zero-order valence-electron chi connectivity index (χ0n) is 11.4. The SMILES string of the molecule is COC(=O)/C=C/c1ccc([C@H](O)[C@@H]2CCCC2=O)cc1. The predicted molar refractivity (Wildman–Crippen MR) is 74.8 cm³/mol. The van der Waals surface area contributed by atoms with Crippen molar-refractivity contribution in [3.63, 3.8) is 0 Å². The summed E-state index contributed by atoms with van der Waals surface area (Å²) in [6.45, 7) is 0. The number of ether oxygens (including phenoxy) is 1. The van der Waals surface area contributed by atoms with E-state index in [1.807, 2.05) is 0 Å². The molecule has 1 aliphatic carbocycles. The Kier molecular flexibility index (Phi) is 4.69. The molecule has 0 unspecified atom stereocenters. The second-order valence-electron chi connectivity index (χ2n) is 4.93. The molecule has 1 fully saturated rings. The van der Waals surface area contributed by atoms with Gasteiger partial charge < -0.3 is 9.84 Å². The highest BCUT2D eigenvalue weighted by Crippen LogP contribution is 2.33. The molecular weight excluding hydrogens is 256 g/mol.